The molecular formula is C8H12N2S. The van der Waals surface area contributed by atoms with Gasteiger partial charge in [-0.25, -0.2) is 4.98 Å². The van der Waals surface area contributed by atoms with Crippen LogP contribution in [0, 0.1) is 0 Å². The summed E-state index contributed by atoms with van der Waals surface area (Å²) in [6.45, 7) is 2.17. The van der Waals surface area contributed by atoms with Gasteiger partial charge in [0, 0.05) is 17.5 Å². The molecule has 1 aliphatic carbocycles. The first-order valence-electron chi connectivity index (χ1n) is 4.00. The van der Waals surface area contributed by atoms with Crippen LogP contribution in [0.5, 0.6) is 0 Å². The number of nitrogens with one attached hydrogen (secondary N) is 1. The number of hydrogen-bond acceptors (Lipinski definition) is 3. The zero-order chi connectivity index (χ0) is 7.68. The molecule has 1 N–H and O–H groups in total. The zero-order valence-corrected chi connectivity index (χ0v) is 7.40. The Bertz CT molecular complexity index is 216. The maximum Gasteiger partial charge on any atom is 0.0795 e. The number of rotatable bonds is 3. The summed E-state index contributed by atoms with van der Waals surface area (Å²) in [5.41, 5.74) is 3.07. The molecule has 1 aromatic rings. The Balaban J connectivity index is 1.93. The monoisotopic (exact) mass is 168 g/mol. The molecule has 1 atom stereocenters. The Morgan fingerprint density at radius 3 is 3.09 bits per heavy atom. The van der Waals surface area contributed by atoms with E-state index in [1.807, 2.05) is 5.51 Å². The van der Waals surface area contributed by atoms with Crippen molar-refractivity contribution < 1.29 is 0 Å². The minimum atomic E-state index is 0.439. The average molecular weight is 168 g/mol. The Hall–Kier alpha value is -0.410. The molecule has 11 heavy (non-hydrogen) atoms. The highest BCUT2D eigenvalue weighted by molar-refractivity contribution is 7.07. The van der Waals surface area contributed by atoms with E-state index in [2.05, 4.69) is 22.6 Å². The van der Waals surface area contributed by atoms with Crippen molar-refractivity contribution in [3.63, 3.8) is 0 Å². The molecule has 0 amide bonds. The molecule has 0 aliphatic heterocycles. The molecule has 0 saturated heterocycles. The van der Waals surface area contributed by atoms with Crippen molar-refractivity contribution in [1.29, 1.82) is 0 Å². The van der Waals surface area contributed by atoms with Crippen LogP contribution in [-0.4, -0.2) is 11.0 Å². The van der Waals surface area contributed by atoms with Gasteiger partial charge in [0.05, 0.1) is 11.2 Å². The van der Waals surface area contributed by atoms with Crippen molar-refractivity contribution in [3.8, 4) is 0 Å². The fourth-order valence-corrected chi connectivity index (χ4v) is 1.77. The fourth-order valence-electron chi connectivity index (χ4n) is 1.12. The van der Waals surface area contributed by atoms with Gasteiger partial charge in [0.1, 0.15) is 0 Å². The minimum absolute atomic E-state index is 0.439. The molecule has 1 heterocycles. The number of thiazole rings is 1. The van der Waals surface area contributed by atoms with Crippen LogP contribution in [-0.2, 0) is 0 Å². The van der Waals surface area contributed by atoms with Gasteiger partial charge in [0.25, 0.3) is 0 Å². The largest absolute Gasteiger partial charge is 0.306 e. The lowest BCUT2D eigenvalue weighted by molar-refractivity contribution is 0.561. The Morgan fingerprint density at radius 2 is 2.55 bits per heavy atom. The van der Waals surface area contributed by atoms with E-state index in [0.29, 0.717) is 6.04 Å². The van der Waals surface area contributed by atoms with Gasteiger partial charge in [-0.2, -0.15) is 0 Å². The van der Waals surface area contributed by atoms with Crippen molar-refractivity contribution in [2.24, 2.45) is 0 Å². The van der Waals surface area contributed by atoms with Crippen LogP contribution in [0.4, 0.5) is 0 Å². The van der Waals surface area contributed by atoms with E-state index in [0.717, 1.165) is 6.04 Å². The second-order valence-electron chi connectivity index (χ2n) is 3.08. The first-order chi connectivity index (χ1) is 5.36. The topological polar surface area (TPSA) is 24.9 Å². The van der Waals surface area contributed by atoms with Crippen LogP contribution in [0.2, 0.25) is 0 Å². The first-order valence-corrected chi connectivity index (χ1v) is 4.94. The van der Waals surface area contributed by atoms with Gasteiger partial charge < -0.3 is 5.32 Å². The van der Waals surface area contributed by atoms with E-state index in [1.54, 1.807) is 11.3 Å². The smallest absolute Gasteiger partial charge is 0.0795 e. The molecule has 60 valence electrons. The fraction of sp³-hybridized carbons (Fsp3) is 0.625. The molecule has 1 fully saturated rings. The SMILES string of the molecule is CC(NC1CC1)c1cscn1. The summed E-state index contributed by atoms with van der Waals surface area (Å²) in [5, 5.41) is 5.61. The molecule has 1 aliphatic rings. The Labute approximate surface area is 70.7 Å². The third-order valence-electron chi connectivity index (χ3n) is 1.96. The van der Waals surface area contributed by atoms with Crippen molar-refractivity contribution in [3.05, 3.63) is 16.6 Å². The summed E-state index contributed by atoms with van der Waals surface area (Å²) < 4.78 is 0. The van der Waals surface area contributed by atoms with Crippen LogP contribution >= 0.6 is 11.3 Å². The average Bonchev–Trinajstić information content (AvgIpc) is 2.67. The van der Waals surface area contributed by atoms with Crippen LogP contribution < -0.4 is 5.32 Å². The summed E-state index contributed by atoms with van der Waals surface area (Å²) in [6.07, 6.45) is 2.68. The van der Waals surface area contributed by atoms with E-state index in [4.69, 9.17) is 0 Å². The van der Waals surface area contributed by atoms with Crippen molar-refractivity contribution in [1.82, 2.24) is 10.3 Å². The third kappa shape index (κ3) is 1.79. The Morgan fingerprint density at radius 1 is 1.73 bits per heavy atom. The second-order valence-corrected chi connectivity index (χ2v) is 3.79. The third-order valence-corrected chi connectivity index (χ3v) is 2.56. The molecule has 0 aromatic carbocycles. The van der Waals surface area contributed by atoms with Gasteiger partial charge in [0.15, 0.2) is 0 Å². The highest BCUT2D eigenvalue weighted by atomic mass is 32.1. The second kappa shape index (κ2) is 2.91. The predicted octanol–water partition coefficient (Wildman–Crippen LogP) is 1.96. The summed E-state index contributed by atoms with van der Waals surface area (Å²) in [7, 11) is 0. The van der Waals surface area contributed by atoms with Crippen molar-refractivity contribution in [2.75, 3.05) is 0 Å². The summed E-state index contributed by atoms with van der Waals surface area (Å²) in [5.74, 6) is 0. The van der Waals surface area contributed by atoms with Gasteiger partial charge in [-0.3, -0.25) is 0 Å². The van der Waals surface area contributed by atoms with Gasteiger partial charge in [-0.15, -0.1) is 11.3 Å². The van der Waals surface area contributed by atoms with E-state index >= 15 is 0 Å². The van der Waals surface area contributed by atoms with Crippen molar-refractivity contribution in [2.45, 2.75) is 31.8 Å². The summed E-state index contributed by atoms with van der Waals surface area (Å²) >= 11 is 1.66. The molecule has 1 aromatic heterocycles. The Kier molecular flexibility index (Phi) is 1.92. The lowest BCUT2D eigenvalue weighted by Crippen LogP contribution is -2.20. The van der Waals surface area contributed by atoms with E-state index in [1.165, 1.54) is 18.5 Å². The predicted molar refractivity (Wildman–Crippen MR) is 46.7 cm³/mol. The first kappa shape index (κ1) is 7.25. The van der Waals surface area contributed by atoms with Crippen LogP contribution in [0.15, 0.2) is 10.9 Å². The molecule has 1 unspecified atom stereocenters. The lowest BCUT2D eigenvalue weighted by atomic mass is 10.2. The van der Waals surface area contributed by atoms with Gasteiger partial charge >= 0.3 is 0 Å². The van der Waals surface area contributed by atoms with E-state index in [9.17, 15) is 0 Å². The molecule has 1 saturated carbocycles. The van der Waals surface area contributed by atoms with Crippen LogP contribution in [0.25, 0.3) is 0 Å². The highest BCUT2D eigenvalue weighted by Gasteiger charge is 2.23. The minimum Gasteiger partial charge on any atom is -0.306 e. The van der Waals surface area contributed by atoms with Crippen molar-refractivity contribution >= 4 is 11.3 Å². The molecule has 0 radical (unpaired) electrons. The lowest BCUT2D eigenvalue weighted by Gasteiger charge is -2.09. The van der Waals surface area contributed by atoms with Crippen LogP contribution in [0.3, 0.4) is 0 Å². The van der Waals surface area contributed by atoms with E-state index < -0.39 is 0 Å². The van der Waals surface area contributed by atoms with Gasteiger partial charge in [-0.05, 0) is 19.8 Å². The maximum atomic E-state index is 4.25. The standard InChI is InChI=1S/C8H12N2S/c1-6(10-7-2-3-7)8-4-11-5-9-8/h4-7,10H,2-3H2,1H3. The maximum absolute atomic E-state index is 4.25. The van der Waals surface area contributed by atoms with Crippen LogP contribution in [0.1, 0.15) is 31.5 Å². The normalized spacial score (nSPS) is 20.1. The van der Waals surface area contributed by atoms with Gasteiger partial charge in [0.2, 0.25) is 0 Å². The molecule has 0 bridgehead atoms. The molecule has 2 nitrogen and oxygen atoms in total. The molecule has 3 heteroatoms. The quantitative estimate of drug-likeness (QED) is 0.746. The summed E-state index contributed by atoms with van der Waals surface area (Å²) in [4.78, 5) is 4.25. The van der Waals surface area contributed by atoms with E-state index in [-0.39, 0.29) is 0 Å². The zero-order valence-electron chi connectivity index (χ0n) is 6.58. The number of aromatic nitrogens is 1. The molecular weight excluding hydrogens is 156 g/mol. The molecule has 0 spiro atoms. The molecule has 2 rings (SSSR count). The van der Waals surface area contributed by atoms with Gasteiger partial charge in [-0.1, -0.05) is 0 Å². The summed E-state index contributed by atoms with van der Waals surface area (Å²) in [6, 6.07) is 1.21. The number of hydrogen-bond donors (Lipinski definition) is 1. The highest BCUT2D eigenvalue weighted by Crippen LogP contribution is 2.23. The number of nitrogens with zero attached hydrogens (tertiary/aromatic N) is 1.